The van der Waals surface area contributed by atoms with E-state index in [1.165, 1.54) is 53.4 Å². The molecule has 2 bridgehead atoms. The summed E-state index contributed by atoms with van der Waals surface area (Å²) in [5.41, 5.74) is 6.41. The van der Waals surface area contributed by atoms with Crippen LogP contribution in [0.2, 0.25) is 0 Å². The first-order valence-electron chi connectivity index (χ1n) is 11.2. The Morgan fingerprint density at radius 1 is 0.900 bits per heavy atom. The molecule has 2 aromatic carbocycles. The lowest BCUT2D eigenvalue weighted by molar-refractivity contribution is 0.267. The number of methoxy groups -OCH3 is 2. The van der Waals surface area contributed by atoms with E-state index in [0.717, 1.165) is 29.1 Å². The summed E-state index contributed by atoms with van der Waals surface area (Å²) in [7, 11) is 3.36. The lowest BCUT2D eigenvalue weighted by atomic mass is 9.88. The molecule has 3 heterocycles. The van der Waals surface area contributed by atoms with Crippen LogP contribution in [0.4, 0.5) is 0 Å². The highest BCUT2D eigenvalue weighted by atomic mass is 16.5. The molecule has 1 saturated carbocycles. The highest BCUT2D eigenvalue weighted by Gasteiger charge is 2.34. The number of aromatic nitrogens is 1. The second kappa shape index (κ2) is 7.66. The largest absolute Gasteiger partial charge is 0.493 e. The molecule has 4 nitrogen and oxygen atoms in total. The Balaban J connectivity index is 1.59. The summed E-state index contributed by atoms with van der Waals surface area (Å²) >= 11 is 0. The maximum absolute atomic E-state index is 5.55. The molecule has 2 saturated heterocycles. The third-order valence-electron chi connectivity index (χ3n) is 7.06. The van der Waals surface area contributed by atoms with E-state index in [1.54, 1.807) is 14.2 Å². The van der Waals surface area contributed by atoms with Crippen LogP contribution in [-0.2, 0) is 0 Å². The van der Waals surface area contributed by atoms with Crippen molar-refractivity contribution in [2.45, 2.75) is 63.5 Å². The molecule has 1 aromatic heterocycles. The first kappa shape index (κ1) is 19.5. The molecular formula is C26H32N2O2. The van der Waals surface area contributed by atoms with Crippen LogP contribution in [0.25, 0.3) is 22.2 Å². The molecule has 2 aliphatic heterocycles. The van der Waals surface area contributed by atoms with Crippen molar-refractivity contribution in [3.63, 3.8) is 0 Å². The van der Waals surface area contributed by atoms with Gasteiger partial charge in [-0.2, -0.15) is 0 Å². The fraction of sp³-hybridized carbons (Fsp3) is 0.462. The predicted molar refractivity (Wildman–Crippen MR) is 123 cm³/mol. The van der Waals surface area contributed by atoms with Crippen LogP contribution in [0.1, 0.15) is 62.5 Å². The van der Waals surface area contributed by atoms with Gasteiger partial charge in [-0.05, 0) is 79.0 Å². The van der Waals surface area contributed by atoms with E-state index in [-0.39, 0.29) is 0 Å². The first-order valence-corrected chi connectivity index (χ1v) is 11.2. The summed E-state index contributed by atoms with van der Waals surface area (Å²) in [6.07, 6.45) is 5.24. The molecule has 3 atom stereocenters. The number of hydrogen-bond donors (Lipinski definition) is 2. The quantitative estimate of drug-likeness (QED) is 0.550. The second-order valence-electron chi connectivity index (χ2n) is 9.25. The summed E-state index contributed by atoms with van der Waals surface area (Å²) in [4.78, 5) is 3.70. The van der Waals surface area contributed by atoms with E-state index in [0.29, 0.717) is 11.8 Å². The third-order valence-corrected chi connectivity index (χ3v) is 7.06. The lowest BCUT2D eigenvalue weighted by Gasteiger charge is -2.34. The summed E-state index contributed by atoms with van der Waals surface area (Å²) in [5.74, 6) is 2.60. The van der Waals surface area contributed by atoms with Crippen LogP contribution in [0.15, 0.2) is 36.4 Å². The molecule has 1 aliphatic carbocycles. The molecule has 6 rings (SSSR count). The summed E-state index contributed by atoms with van der Waals surface area (Å²) in [6, 6.07) is 14.7. The standard InChI is InChI=1S/C26H32N2O2/c1-15(2)25-21-12-17(16-5-8-19-14-20(11-16)27-19)6-9-22(21)28-26(25)18-7-10-23(29-3)24(13-18)30-4/h6-7,9-10,12-13,15-16,19-20,27-28H,5,8,11,14H2,1-4H3. The number of fused-ring (bicyclic) bond motifs is 4. The molecule has 158 valence electrons. The Morgan fingerprint density at radius 2 is 1.70 bits per heavy atom. The maximum atomic E-state index is 5.55. The topological polar surface area (TPSA) is 46.3 Å². The van der Waals surface area contributed by atoms with Crippen LogP contribution in [0.5, 0.6) is 11.5 Å². The molecular weight excluding hydrogens is 372 g/mol. The van der Waals surface area contributed by atoms with Gasteiger partial charge in [-0.15, -0.1) is 0 Å². The van der Waals surface area contributed by atoms with Crippen LogP contribution in [0.3, 0.4) is 0 Å². The summed E-state index contributed by atoms with van der Waals surface area (Å²) in [6.45, 7) is 4.56. The molecule has 3 fully saturated rings. The molecule has 3 unspecified atom stereocenters. The minimum atomic E-state index is 0.417. The minimum Gasteiger partial charge on any atom is -0.493 e. The first-order chi connectivity index (χ1) is 14.6. The number of benzene rings is 2. The van der Waals surface area contributed by atoms with Crippen LogP contribution >= 0.6 is 0 Å². The van der Waals surface area contributed by atoms with E-state index < -0.39 is 0 Å². The van der Waals surface area contributed by atoms with Crippen molar-refractivity contribution in [2.24, 2.45) is 0 Å². The van der Waals surface area contributed by atoms with E-state index in [9.17, 15) is 0 Å². The van der Waals surface area contributed by atoms with E-state index >= 15 is 0 Å². The zero-order chi connectivity index (χ0) is 20.8. The Morgan fingerprint density at radius 3 is 2.43 bits per heavy atom. The Hall–Kier alpha value is -2.46. The molecule has 30 heavy (non-hydrogen) atoms. The van der Waals surface area contributed by atoms with Gasteiger partial charge in [0.1, 0.15) is 0 Å². The van der Waals surface area contributed by atoms with Crippen LogP contribution in [-0.4, -0.2) is 31.3 Å². The number of nitrogens with one attached hydrogen (secondary N) is 2. The van der Waals surface area contributed by atoms with Crippen molar-refractivity contribution in [1.29, 1.82) is 0 Å². The SMILES string of the molecule is COc1ccc(-c2[nH]c3ccc(C4CCC5CC(C4)N5)cc3c2C(C)C)cc1OC. The van der Waals surface area contributed by atoms with Gasteiger partial charge in [-0.3, -0.25) is 0 Å². The van der Waals surface area contributed by atoms with Gasteiger partial charge in [-0.25, -0.2) is 0 Å². The maximum Gasteiger partial charge on any atom is 0.161 e. The van der Waals surface area contributed by atoms with Crippen molar-refractivity contribution in [2.75, 3.05) is 14.2 Å². The van der Waals surface area contributed by atoms with Crippen LogP contribution < -0.4 is 14.8 Å². The van der Waals surface area contributed by atoms with Gasteiger partial charge in [-0.1, -0.05) is 19.9 Å². The lowest BCUT2D eigenvalue weighted by Crippen LogP contribution is -2.50. The van der Waals surface area contributed by atoms with Crippen LogP contribution in [0, 0.1) is 0 Å². The van der Waals surface area contributed by atoms with Crippen molar-refractivity contribution in [3.8, 4) is 22.8 Å². The molecule has 4 heteroatoms. The minimum absolute atomic E-state index is 0.417. The Labute approximate surface area is 179 Å². The highest BCUT2D eigenvalue weighted by Crippen LogP contribution is 2.42. The number of H-pyrrole nitrogens is 1. The van der Waals surface area contributed by atoms with E-state index in [4.69, 9.17) is 9.47 Å². The fourth-order valence-electron chi connectivity index (χ4n) is 5.49. The molecule has 0 amide bonds. The highest BCUT2D eigenvalue weighted by molar-refractivity contribution is 5.92. The zero-order valence-electron chi connectivity index (χ0n) is 18.4. The average Bonchev–Trinajstić information content (AvgIpc) is 2.85. The van der Waals surface area contributed by atoms with Gasteiger partial charge in [0.15, 0.2) is 11.5 Å². The average molecular weight is 405 g/mol. The smallest absolute Gasteiger partial charge is 0.161 e. The van der Waals surface area contributed by atoms with Gasteiger partial charge in [0.05, 0.1) is 19.9 Å². The molecule has 3 aliphatic rings. The Kier molecular flexibility index (Phi) is 4.98. The van der Waals surface area contributed by atoms with E-state index in [1.807, 2.05) is 6.07 Å². The number of ether oxygens (including phenoxy) is 2. The zero-order valence-corrected chi connectivity index (χ0v) is 18.4. The second-order valence-corrected chi connectivity index (χ2v) is 9.25. The molecule has 3 aromatic rings. The summed E-state index contributed by atoms with van der Waals surface area (Å²) in [5, 5.41) is 5.08. The number of hydrogen-bond acceptors (Lipinski definition) is 3. The summed E-state index contributed by atoms with van der Waals surface area (Å²) < 4.78 is 11.0. The van der Waals surface area contributed by atoms with Gasteiger partial charge in [0.2, 0.25) is 0 Å². The fourth-order valence-corrected chi connectivity index (χ4v) is 5.49. The van der Waals surface area contributed by atoms with Gasteiger partial charge in [0, 0.05) is 28.6 Å². The van der Waals surface area contributed by atoms with Crippen molar-refractivity contribution in [1.82, 2.24) is 10.3 Å². The van der Waals surface area contributed by atoms with E-state index in [2.05, 4.69) is 54.5 Å². The monoisotopic (exact) mass is 404 g/mol. The molecule has 0 spiro atoms. The molecule has 0 radical (unpaired) electrons. The number of aromatic amines is 1. The normalized spacial score (nSPS) is 23.3. The van der Waals surface area contributed by atoms with Crippen molar-refractivity contribution < 1.29 is 9.47 Å². The molecule has 2 N–H and O–H groups in total. The predicted octanol–water partition coefficient (Wildman–Crippen LogP) is 5.97. The van der Waals surface area contributed by atoms with Crippen molar-refractivity contribution >= 4 is 10.9 Å². The van der Waals surface area contributed by atoms with Gasteiger partial charge >= 0.3 is 0 Å². The van der Waals surface area contributed by atoms with Gasteiger partial charge in [0.25, 0.3) is 0 Å². The van der Waals surface area contributed by atoms with Crippen molar-refractivity contribution in [3.05, 3.63) is 47.5 Å². The third kappa shape index (κ3) is 3.27. The Bertz CT molecular complexity index is 1060. The van der Waals surface area contributed by atoms with Gasteiger partial charge < -0.3 is 19.8 Å². The number of rotatable bonds is 5.